The summed E-state index contributed by atoms with van der Waals surface area (Å²) in [6, 6.07) is 0.322. The fourth-order valence-electron chi connectivity index (χ4n) is 1.50. The summed E-state index contributed by atoms with van der Waals surface area (Å²) in [7, 11) is 1.91. The van der Waals surface area contributed by atoms with E-state index in [2.05, 4.69) is 32.6 Å². The van der Waals surface area contributed by atoms with Crippen LogP contribution in [-0.2, 0) is 6.42 Å². The lowest BCUT2D eigenvalue weighted by Gasteiger charge is -2.04. The zero-order chi connectivity index (χ0) is 12.4. The van der Waals surface area contributed by atoms with Crippen molar-refractivity contribution in [2.75, 3.05) is 7.05 Å². The zero-order valence-corrected chi connectivity index (χ0v) is 11.8. The van der Waals surface area contributed by atoms with E-state index in [1.165, 1.54) is 0 Å². The van der Waals surface area contributed by atoms with E-state index in [4.69, 9.17) is 4.52 Å². The van der Waals surface area contributed by atoms with E-state index in [1.807, 2.05) is 20.9 Å². The van der Waals surface area contributed by atoms with Gasteiger partial charge in [0.15, 0.2) is 11.5 Å². The van der Waals surface area contributed by atoms with Gasteiger partial charge in [-0.05, 0) is 27.8 Å². The fourth-order valence-corrected chi connectivity index (χ4v) is 1.50. The first-order chi connectivity index (χ1) is 8.11. The molecule has 2 rings (SSSR count). The Morgan fingerprint density at radius 1 is 1.39 bits per heavy atom. The normalized spacial score (nSPS) is 12.2. The van der Waals surface area contributed by atoms with Crippen molar-refractivity contribution < 1.29 is 4.52 Å². The molecule has 6 nitrogen and oxygen atoms in total. The number of halogens is 1. The molecule has 0 amide bonds. The lowest BCUT2D eigenvalue weighted by molar-refractivity contribution is 0.417. The predicted molar refractivity (Wildman–Crippen MR) is 70.8 cm³/mol. The minimum Gasteiger partial charge on any atom is -0.332 e. The van der Waals surface area contributed by atoms with Crippen molar-refractivity contribution in [3.05, 3.63) is 17.1 Å². The Balaban J connectivity index is 0.00000162. The second-order valence-corrected chi connectivity index (χ2v) is 4.23. The maximum absolute atomic E-state index is 5.22. The third-order valence-corrected chi connectivity index (χ3v) is 2.91. The second kappa shape index (κ2) is 5.97. The highest BCUT2D eigenvalue weighted by atomic mass is 35.5. The number of hydrogen-bond donors (Lipinski definition) is 2. The fraction of sp³-hybridized carbons (Fsp3) is 0.545. The highest BCUT2D eigenvalue weighted by molar-refractivity contribution is 5.85. The minimum atomic E-state index is 0. The summed E-state index contributed by atoms with van der Waals surface area (Å²) in [5.41, 5.74) is 2.79. The molecule has 1 unspecified atom stereocenters. The summed E-state index contributed by atoms with van der Waals surface area (Å²) >= 11 is 0. The highest BCUT2D eigenvalue weighted by Crippen LogP contribution is 2.20. The Kier molecular flexibility index (Phi) is 4.86. The zero-order valence-electron chi connectivity index (χ0n) is 10.9. The van der Waals surface area contributed by atoms with Crippen LogP contribution in [0.3, 0.4) is 0 Å². The summed E-state index contributed by atoms with van der Waals surface area (Å²) in [4.78, 5) is 4.34. The largest absolute Gasteiger partial charge is 0.332 e. The molecule has 0 aliphatic rings. The van der Waals surface area contributed by atoms with Crippen molar-refractivity contribution in [3.63, 3.8) is 0 Å². The van der Waals surface area contributed by atoms with E-state index >= 15 is 0 Å². The van der Waals surface area contributed by atoms with Gasteiger partial charge in [0.2, 0.25) is 0 Å². The quantitative estimate of drug-likeness (QED) is 0.884. The van der Waals surface area contributed by atoms with Gasteiger partial charge in [0.1, 0.15) is 0 Å². The monoisotopic (exact) mass is 271 g/mol. The molecule has 7 heteroatoms. The van der Waals surface area contributed by atoms with Crippen LogP contribution in [0.5, 0.6) is 0 Å². The van der Waals surface area contributed by atoms with Crippen molar-refractivity contribution in [2.45, 2.75) is 33.2 Å². The number of aryl methyl sites for hydroxylation is 1. The molecule has 2 N–H and O–H groups in total. The summed E-state index contributed by atoms with van der Waals surface area (Å²) in [6.45, 7) is 6.01. The van der Waals surface area contributed by atoms with Gasteiger partial charge in [-0.25, -0.2) is 0 Å². The number of hydrogen-bond acceptors (Lipinski definition) is 5. The Morgan fingerprint density at radius 2 is 2.11 bits per heavy atom. The molecule has 0 aromatic carbocycles. The van der Waals surface area contributed by atoms with E-state index in [0.29, 0.717) is 17.8 Å². The van der Waals surface area contributed by atoms with Crippen LogP contribution in [0.4, 0.5) is 0 Å². The molecule has 2 aromatic rings. The average molecular weight is 272 g/mol. The smallest absolute Gasteiger partial charge is 0.278 e. The van der Waals surface area contributed by atoms with Gasteiger partial charge in [-0.1, -0.05) is 5.16 Å². The van der Waals surface area contributed by atoms with Gasteiger partial charge < -0.3 is 9.84 Å². The van der Waals surface area contributed by atoms with Gasteiger partial charge in [-0.3, -0.25) is 5.10 Å². The molecule has 0 aliphatic heterocycles. The van der Waals surface area contributed by atoms with Crippen molar-refractivity contribution >= 4 is 12.4 Å². The summed E-state index contributed by atoms with van der Waals surface area (Å²) < 4.78 is 5.22. The standard InChI is InChI=1S/C11H17N5O.ClH/c1-6(12-4)5-9-13-11(17-16-9)10-7(2)8(3)14-15-10;/h6,12H,5H2,1-4H3,(H,14,15);1H. The molecular weight excluding hydrogens is 254 g/mol. The Morgan fingerprint density at radius 3 is 2.67 bits per heavy atom. The van der Waals surface area contributed by atoms with E-state index in [-0.39, 0.29) is 12.4 Å². The third kappa shape index (κ3) is 2.88. The van der Waals surface area contributed by atoms with E-state index in [1.54, 1.807) is 0 Å². The molecule has 0 bridgehead atoms. The number of nitrogens with zero attached hydrogens (tertiary/aromatic N) is 3. The van der Waals surface area contributed by atoms with Gasteiger partial charge in [-0.2, -0.15) is 10.1 Å². The van der Waals surface area contributed by atoms with Crippen molar-refractivity contribution in [2.24, 2.45) is 0 Å². The van der Waals surface area contributed by atoms with Crippen molar-refractivity contribution in [1.29, 1.82) is 0 Å². The molecule has 0 fully saturated rings. The molecule has 0 radical (unpaired) electrons. The molecule has 0 saturated heterocycles. The van der Waals surface area contributed by atoms with Crippen LogP contribution in [0, 0.1) is 13.8 Å². The molecule has 1 atom stereocenters. The SMILES string of the molecule is CNC(C)Cc1noc(-c2n[nH]c(C)c2C)n1.Cl. The van der Waals surface area contributed by atoms with Crippen molar-refractivity contribution in [1.82, 2.24) is 25.7 Å². The first-order valence-corrected chi connectivity index (χ1v) is 5.63. The number of likely N-dealkylation sites (N-methyl/N-ethyl adjacent to an activating group) is 1. The molecule has 0 spiro atoms. The maximum Gasteiger partial charge on any atom is 0.278 e. The molecule has 2 aromatic heterocycles. The van der Waals surface area contributed by atoms with Crippen LogP contribution in [0.15, 0.2) is 4.52 Å². The van der Waals surface area contributed by atoms with Crippen molar-refractivity contribution in [3.8, 4) is 11.6 Å². The number of aromatic nitrogens is 4. The Bertz CT molecular complexity index is 507. The van der Waals surface area contributed by atoms with Gasteiger partial charge in [0, 0.05) is 23.7 Å². The van der Waals surface area contributed by atoms with Crippen LogP contribution >= 0.6 is 12.4 Å². The van der Waals surface area contributed by atoms with Crippen LogP contribution < -0.4 is 5.32 Å². The molecule has 2 heterocycles. The Hall–Kier alpha value is -1.40. The predicted octanol–water partition coefficient (Wildman–Crippen LogP) is 1.65. The van der Waals surface area contributed by atoms with Gasteiger partial charge in [-0.15, -0.1) is 12.4 Å². The molecular formula is C11H18ClN5O. The maximum atomic E-state index is 5.22. The third-order valence-electron chi connectivity index (χ3n) is 2.91. The molecule has 18 heavy (non-hydrogen) atoms. The van der Waals surface area contributed by atoms with Crippen LogP contribution in [0.25, 0.3) is 11.6 Å². The first kappa shape index (κ1) is 14.7. The highest BCUT2D eigenvalue weighted by Gasteiger charge is 2.16. The lowest BCUT2D eigenvalue weighted by Crippen LogP contribution is -2.24. The second-order valence-electron chi connectivity index (χ2n) is 4.23. The summed E-state index contributed by atoms with van der Waals surface area (Å²) in [5.74, 6) is 1.17. The summed E-state index contributed by atoms with van der Waals surface area (Å²) in [5, 5.41) is 14.2. The van der Waals surface area contributed by atoms with Crippen LogP contribution in [0.2, 0.25) is 0 Å². The average Bonchev–Trinajstić information content (AvgIpc) is 2.88. The number of rotatable bonds is 4. The first-order valence-electron chi connectivity index (χ1n) is 5.63. The van der Waals surface area contributed by atoms with Gasteiger partial charge in [0.05, 0.1) is 0 Å². The van der Waals surface area contributed by atoms with E-state index in [9.17, 15) is 0 Å². The molecule has 0 aliphatic carbocycles. The summed E-state index contributed by atoms with van der Waals surface area (Å²) in [6.07, 6.45) is 0.739. The van der Waals surface area contributed by atoms with Gasteiger partial charge in [0.25, 0.3) is 5.89 Å². The van der Waals surface area contributed by atoms with Crippen LogP contribution in [0.1, 0.15) is 24.0 Å². The van der Waals surface area contributed by atoms with E-state index in [0.717, 1.165) is 23.4 Å². The number of nitrogens with one attached hydrogen (secondary N) is 2. The number of H-pyrrole nitrogens is 1. The molecule has 0 saturated carbocycles. The van der Waals surface area contributed by atoms with E-state index < -0.39 is 0 Å². The Labute approximate surface area is 112 Å². The van der Waals surface area contributed by atoms with Gasteiger partial charge >= 0.3 is 0 Å². The minimum absolute atomic E-state index is 0. The number of aromatic amines is 1. The lowest BCUT2D eigenvalue weighted by atomic mass is 10.2. The van der Waals surface area contributed by atoms with Crippen LogP contribution in [-0.4, -0.2) is 33.4 Å². The molecule has 100 valence electrons. The topological polar surface area (TPSA) is 79.6 Å².